The fourth-order valence-corrected chi connectivity index (χ4v) is 4.86. The Labute approximate surface area is 208 Å². The van der Waals surface area contributed by atoms with Crippen molar-refractivity contribution in [1.29, 1.82) is 0 Å². The van der Waals surface area contributed by atoms with E-state index in [4.69, 9.17) is 4.98 Å². The number of aromatic nitrogens is 4. The van der Waals surface area contributed by atoms with E-state index >= 15 is 0 Å². The minimum Gasteiger partial charge on any atom is -0.388 e. The maximum atomic E-state index is 13.5. The molecule has 5 rings (SSSR count). The highest BCUT2D eigenvalue weighted by atomic mass is 16.3. The second-order valence-corrected chi connectivity index (χ2v) is 9.83. The van der Waals surface area contributed by atoms with Crippen molar-refractivity contribution in [3.05, 3.63) is 42.1 Å². The van der Waals surface area contributed by atoms with Crippen LogP contribution in [0.4, 0.5) is 10.5 Å². The Morgan fingerprint density at radius 1 is 1.11 bits per heavy atom. The lowest BCUT2D eigenvalue weighted by Crippen LogP contribution is -2.56. The molecule has 0 unspecified atom stereocenters. The maximum Gasteiger partial charge on any atom is 0.324 e. The summed E-state index contributed by atoms with van der Waals surface area (Å²) in [5, 5.41) is 19.4. The molecule has 5 heterocycles. The molecule has 11 heteroatoms. The minimum absolute atomic E-state index is 0.120. The van der Waals surface area contributed by atoms with Gasteiger partial charge < -0.3 is 20.0 Å². The van der Waals surface area contributed by atoms with Crippen LogP contribution in [0.15, 0.2) is 30.7 Å². The van der Waals surface area contributed by atoms with Gasteiger partial charge in [0.25, 0.3) is 5.91 Å². The molecule has 188 valence electrons. The predicted octanol–water partition coefficient (Wildman–Crippen LogP) is 1.71. The van der Waals surface area contributed by atoms with E-state index in [-0.39, 0.29) is 24.6 Å². The molecule has 0 aromatic carbocycles. The summed E-state index contributed by atoms with van der Waals surface area (Å²) in [5.74, 6) is 0.0200. The average molecular weight is 492 g/mol. The van der Waals surface area contributed by atoms with E-state index in [2.05, 4.69) is 15.0 Å². The van der Waals surface area contributed by atoms with E-state index in [1.807, 2.05) is 12.1 Å². The highest BCUT2D eigenvalue weighted by Crippen LogP contribution is 2.37. The standard InChI is InChI=1S/C25H29N7O4/c1-25(2,36)23(34)31-8-6-17(7-9-31)32-22-16(13-30(3)24(32)35)12-26-19-5-4-18(29-21(19)22)15-10-27-20(14-33)28-11-15/h4-5,10-12,17,33,36H,6-9,13-14H2,1-3H3. The molecule has 1 saturated heterocycles. The molecule has 3 aromatic heterocycles. The van der Waals surface area contributed by atoms with E-state index < -0.39 is 5.60 Å². The second kappa shape index (κ2) is 9.07. The summed E-state index contributed by atoms with van der Waals surface area (Å²) in [6.45, 7) is 4.06. The summed E-state index contributed by atoms with van der Waals surface area (Å²) >= 11 is 0. The zero-order valence-electron chi connectivity index (χ0n) is 20.5. The Hall–Kier alpha value is -3.70. The van der Waals surface area contributed by atoms with Crippen molar-refractivity contribution in [2.24, 2.45) is 0 Å². The van der Waals surface area contributed by atoms with Gasteiger partial charge in [-0.3, -0.25) is 14.7 Å². The summed E-state index contributed by atoms with van der Waals surface area (Å²) < 4.78 is 0. The molecule has 0 bridgehead atoms. The number of carbonyl (C=O) groups is 2. The molecule has 0 spiro atoms. The van der Waals surface area contributed by atoms with Crippen LogP contribution in [0.25, 0.3) is 22.3 Å². The largest absolute Gasteiger partial charge is 0.388 e. The first kappa shape index (κ1) is 24.0. The van der Waals surface area contributed by atoms with Gasteiger partial charge in [-0.25, -0.2) is 19.7 Å². The van der Waals surface area contributed by atoms with Crippen LogP contribution in [0.5, 0.6) is 0 Å². The van der Waals surface area contributed by atoms with Gasteiger partial charge in [0.2, 0.25) is 0 Å². The molecule has 0 atom stereocenters. The number of aliphatic hydroxyl groups is 2. The van der Waals surface area contributed by atoms with E-state index in [9.17, 15) is 19.8 Å². The third-order valence-corrected chi connectivity index (χ3v) is 6.73. The second-order valence-electron chi connectivity index (χ2n) is 9.83. The fraction of sp³-hybridized carbons (Fsp3) is 0.440. The molecule has 0 radical (unpaired) electrons. The molecule has 3 aromatic rings. The van der Waals surface area contributed by atoms with E-state index in [1.54, 1.807) is 40.3 Å². The first-order valence-electron chi connectivity index (χ1n) is 11.9. The lowest BCUT2D eigenvalue weighted by molar-refractivity contribution is -0.148. The molecule has 0 aliphatic carbocycles. The van der Waals surface area contributed by atoms with Crippen LogP contribution in [-0.4, -0.2) is 83.7 Å². The van der Waals surface area contributed by atoms with Gasteiger partial charge >= 0.3 is 6.03 Å². The summed E-state index contributed by atoms with van der Waals surface area (Å²) in [4.78, 5) is 48.9. The van der Waals surface area contributed by atoms with Gasteiger partial charge in [-0.05, 0) is 38.8 Å². The van der Waals surface area contributed by atoms with E-state index in [1.165, 1.54) is 13.8 Å². The van der Waals surface area contributed by atoms with Crippen molar-refractivity contribution in [3.63, 3.8) is 0 Å². The maximum absolute atomic E-state index is 13.5. The van der Waals surface area contributed by atoms with Crippen LogP contribution < -0.4 is 4.90 Å². The van der Waals surface area contributed by atoms with Crippen LogP contribution in [0, 0.1) is 0 Å². The summed E-state index contributed by atoms with van der Waals surface area (Å²) in [7, 11) is 1.76. The first-order chi connectivity index (χ1) is 17.2. The van der Waals surface area contributed by atoms with Crippen LogP contribution in [0.1, 0.15) is 38.1 Å². The Morgan fingerprint density at radius 2 is 1.81 bits per heavy atom. The third-order valence-electron chi connectivity index (χ3n) is 6.73. The van der Waals surface area contributed by atoms with Gasteiger partial charge in [0, 0.05) is 55.9 Å². The van der Waals surface area contributed by atoms with Crippen molar-refractivity contribution < 1.29 is 19.8 Å². The normalized spacial score (nSPS) is 17.0. The van der Waals surface area contributed by atoms with Crippen molar-refractivity contribution >= 4 is 28.7 Å². The quantitative estimate of drug-likeness (QED) is 0.563. The number of hydrogen-bond donors (Lipinski definition) is 2. The Bertz CT molecular complexity index is 1310. The summed E-state index contributed by atoms with van der Waals surface area (Å²) in [6, 6.07) is 3.45. The van der Waals surface area contributed by atoms with Crippen molar-refractivity contribution in [2.45, 2.75) is 51.5 Å². The number of likely N-dealkylation sites (tertiary alicyclic amines) is 1. The number of amides is 3. The predicted molar refractivity (Wildman–Crippen MR) is 132 cm³/mol. The van der Waals surface area contributed by atoms with Gasteiger partial charge in [-0.1, -0.05) is 0 Å². The number of anilines is 1. The van der Waals surface area contributed by atoms with Gasteiger partial charge in [0.15, 0.2) is 5.82 Å². The molecule has 0 saturated carbocycles. The number of nitrogens with zero attached hydrogens (tertiary/aromatic N) is 7. The molecule has 1 fully saturated rings. The zero-order valence-corrected chi connectivity index (χ0v) is 20.5. The summed E-state index contributed by atoms with van der Waals surface area (Å²) in [6.07, 6.45) is 6.19. The number of hydrogen-bond acceptors (Lipinski definition) is 8. The molecule has 2 aliphatic rings. The SMILES string of the molecule is CN1Cc2cnc3ccc(-c4cnc(CO)nc4)nc3c2N(C2CCN(C(=O)C(C)(C)O)CC2)C1=O. The first-order valence-corrected chi connectivity index (χ1v) is 11.9. The van der Waals surface area contributed by atoms with Gasteiger partial charge in [-0.15, -0.1) is 0 Å². The molecular weight excluding hydrogens is 462 g/mol. The number of aliphatic hydroxyl groups excluding tert-OH is 1. The minimum atomic E-state index is -1.43. The number of rotatable bonds is 4. The number of piperidine rings is 1. The Morgan fingerprint density at radius 3 is 2.44 bits per heavy atom. The molecular formula is C25H29N7O4. The topological polar surface area (TPSA) is 136 Å². The Kier molecular flexibility index (Phi) is 6.05. The number of carbonyl (C=O) groups excluding carboxylic acids is 2. The smallest absolute Gasteiger partial charge is 0.324 e. The van der Waals surface area contributed by atoms with E-state index in [0.717, 1.165) is 11.3 Å². The van der Waals surface area contributed by atoms with Crippen LogP contribution in [0.2, 0.25) is 0 Å². The highest BCUT2D eigenvalue weighted by molar-refractivity contribution is 6.04. The average Bonchev–Trinajstić information content (AvgIpc) is 2.88. The van der Waals surface area contributed by atoms with Crippen LogP contribution in [-0.2, 0) is 17.9 Å². The fourth-order valence-electron chi connectivity index (χ4n) is 4.86. The number of fused-ring (bicyclic) bond motifs is 3. The third kappa shape index (κ3) is 4.24. The molecule has 2 aliphatic heterocycles. The van der Waals surface area contributed by atoms with Crippen molar-refractivity contribution in [2.75, 3.05) is 25.0 Å². The van der Waals surface area contributed by atoms with E-state index in [0.29, 0.717) is 60.6 Å². The van der Waals surface area contributed by atoms with Crippen molar-refractivity contribution in [3.8, 4) is 11.3 Å². The van der Waals surface area contributed by atoms with Crippen molar-refractivity contribution in [1.82, 2.24) is 29.7 Å². The molecule has 36 heavy (non-hydrogen) atoms. The monoisotopic (exact) mass is 491 g/mol. The Balaban J connectivity index is 1.53. The lowest BCUT2D eigenvalue weighted by Gasteiger charge is -2.43. The summed E-state index contributed by atoms with van der Waals surface area (Å²) in [5.41, 5.74) is 2.83. The van der Waals surface area contributed by atoms with Gasteiger partial charge in [-0.2, -0.15) is 0 Å². The number of pyridine rings is 2. The highest BCUT2D eigenvalue weighted by Gasteiger charge is 2.39. The van der Waals surface area contributed by atoms with Crippen LogP contribution in [0.3, 0.4) is 0 Å². The van der Waals surface area contributed by atoms with Crippen LogP contribution >= 0.6 is 0 Å². The molecule has 11 nitrogen and oxygen atoms in total. The van der Waals surface area contributed by atoms with Gasteiger partial charge in [0.05, 0.1) is 23.4 Å². The lowest BCUT2D eigenvalue weighted by atomic mass is 9.98. The molecule has 3 amide bonds. The number of urea groups is 1. The zero-order chi connectivity index (χ0) is 25.6. The molecule has 2 N–H and O–H groups in total. The van der Waals surface area contributed by atoms with Gasteiger partial charge in [0.1, 0.15) is 17.7 Å².